The van der Waals surface area contributed by atoms with Gasteiger partial charge in [0.25, 0.3) is 11.8 Å². The molecule has 0 bridgehead atoms. The van der Waals surface area contributed by atoms with Crippen molar-refractivity contribution in [3.63, 3.8) is 0 Å². The van der Waals surface area contributed by atoms with Gasteiger partial charge in [-0.3, -0.25) is 9.59 Å². The first kappa shape index (κ1) is 33.6. The number of hydrogen-bond donors (Lipinski definition) is 2. The van der Waals surface area contributed by atoms with Gasteiger partial charge >= 0.3 is 12.1 Å². The third-order valence-corrected chi connectivity index (χ3v) is 10.7. The zero-order chi connectivity index (χ0) is 34.7. The lowest BCUT2D eigenvalue weighted by molar-refractivity contribution is -0.159. The number of aromatic nitrogens is 3. The molecule has 2 amide bonds. The number of piperidine rings is 2. The third kappa shape index (κ3) is 7.19. The SMILES string of the molecule is O=C(NCC1(c2nc(-c3ccccc3)cs2)CCN(C(=O)c2ccc(C3CCNCC3)cc2)CC1)c1cccc(-c2noc(C(F)(F)F)n2)c1. The van der Waals surface area contributed by atoms with E-state index < -0.39 is 23.4 Å². The van der Waals surface area contributed by atoms with Crippen molar-refractivity contribution in [3.8, 4) is 22.6 Å². The Morgan fingerprint density at radius 3 is 2.34 bits per heavy atom. The van der Waals surface area contributed by atoms with E-state index in [1.54, 1.807) is 12.1 Å². The van der Waals surface area contributed by atoms with E-state index in [9.17, 15) is 22.8 Å². The molecule has 0 unspecified atom stereocenters. The first-order valence-electron chi connectivity index (χ1n) is 16.6. The van der Waals surface area contributed by atoms with Gasteiger partial charge in [-0.05, 0) is 74.5 Å². The van der Waals surface area contributed by atoms with E-state index in [4.69, 9.17) is 4.98 Å². The van der Waals surface area contributed by atoms with E-state index in [2.05, 4.69) is 37.4 Å². The lowest BCUT2D eigenvalue weighted by Crippen LogP contribution is -2.50. The number of alkyl halides is 3. The van der Waals surface area contributed by atoms with Crippen LogP contribution >= 0.6 is 11.3 Å². The number of nitrogens with one attached hydrogen (secondary N) is 2. The second kappa shape index (κ2) is 14.2. The van der Waals surface area contributed by atoms with Gasteiger partial charge in [-0.2, -0.15) is 18.2 Å². The summed E-state index contributed by atoms with van der Waals surface area (Å²) >= 11 is 1.53. The number of likely N-dealkylation sites (tertiary alicyclic amines) is 1. The molecule has 0 atom stereocenters. The molecule has 2 aromatic heterocycles. The van der Waals surface area contributed by atoms with Crippen LogP contribution in [0, 0.1) is 0 Å². The van der Waals surface area contributed by atoms with Crippen LogP contribution in [0.1, 0.15) is 68.8 Å². The van der Waals surface area contributed by atoms with E-state index in [1.807, 2.05) is 52.7 Å². The van der Waals surface area contributed by atoms with Gasteiger partial charge < -0.3 is 20.1 Å². The van der Waals surface area contributed by atoms with Crippen molar-refractivity contribution in [1.29, 1.82) is 0 Å². The lowest BCUT2D eigenvalue weighted by atomic mass is 9.78. The van der Waals surface area contributed by atoms with Gasteiger partial charge in [0.15, 0.2) is 0 Å². The second-order valence-electron chi connectivity index (χ2n) is 12.8. The minimum atomic E-state index is -4.78. The number of carbonyl (C=O) groups is 2. The predicted molar refractivity (Wildman–Crippen MR) is 183 cm³/mol. The van der Waals surface area contributed by atoms with Crippen LogP contribution in [0.2, 0.25) is 0 Å². The number of carbonyl (C=O) groups excluding carboxylic acids is 2. The molecule has 2 N–H and O–H groups in total. The van der Waals surface area contributed by atoms with Crippen molar-refractivity contribution in [1.82, 2.24) is 30.7 Å². The average Bonchev–Trinajstić information content (AvgIpc) is 3.87. The Morgan fingerprint density at radius 2 is 1.64 bits per heavy atom. The molecular formula is C37H35F3N6O3S. The molecule has 0 spiro atoms. The second-order valence-corrected chi connectivity index (χ2v) is 13.7. The smallest absolute Gasteiger partial charge is 0.351 e. The summed E-state index contributed by atoms with van der Waals surface area (Å²) in [6.07, 6.45) is -1.43. The topological polar surface area (TPSA) is 113 Å². The van der Waals surface area contributed by atoms with Crippen LogP contribution in [0.3, 0.4) is 0 Å². The summed E-state index contributed by atoms with van der Waals surface area (Å²) in [4.78, 5) is 37.5. The van der Waals surface area contributed by atoms with E-state index >= 15 is 0 Å². The summed E-state index contributed by atoms with van der Waals surface area (Å²) in [5.74, 6) is -1.64. The molecule has 2 aliphatic heterocycles. The van der Waals surface area contributed by atoms with Crippen LogP contribution in [-0.2, 0) is 11.6 Å². The third-order valence-electron chi connectivity index (χ3n) is 9.64. The van der Waals surface area contributed by atoms with E-state index in [1.165, 1.54) is 29.0 Å². The van der Waals surface area contributed by atoms with Gasteiger partial charge in [0.2, 0.25) is 5.82 Å². The molecule has 9 nitrogen and oxygen atoms in total. The molecule has 4 heterocycles. The number of thiazole rings is 1. The molecule has 3 aromatic carbocycles. The first-order valence-corrected chi connectivity index (χ1v) is 17.5. The normalized spacial score (nSPS) is 16.7. The summed E-state index contributed by atoms with van der Waals surface area (Å²) in [5, 5.41) is 12.8. The Bertz CT molecular complexity index is 1950. The fourth-order valence-electron chi connectivity index (χ4n) is 6.71. The van der Waals surface area contributed by atoms with Gasteiger partial charge in [-0.25, -0.2) is 4.98 Å². The first-order chi connectivity index (χ1) is 24.2. The quantitative estimate of drug-likeness (QED) is 0.180. The zero-order valence-electron chi connectivity index (χ0n) is 27.1. The molecule has 2 aliphatic rings. The molecule has 258 valence electrons. The number of rotatable bonds is 8. The van der Waals surface area contributed by atoms with E-state index in [-0.39, 0.29) is 29.4 Å². The van der Waals surface area contributed by atoms with E-state index in [0.29, 0.717) is 37.4 Å². The zero-order valence-corrected chi connectivity index (χ0v) is 27.9. The number of halogens is 3. The van der Waals surface area contributed by atoms with Crippen molar-refractivity contribution < 1.29 is 27.3 Å². The highest BCUT2D eigenvalue weighted by atomic mass is 32.1. The van der Waals surface area contributed by atoms with Crippen molar-refractivity contribution in [2.75, 3.05) is 32.7 Å². The van der Waals surface area contributed by atoms with Crippen molar-refractivity contribution in [3.05, 3.63) is 112 Å². The maximum absolute atomic E-state index is 13.6. The fraction of sp³-hybridized carbons (Fsp3) is 0.324. The molecule has 13 heteroatoms. The fourth-order valence-corrected chi connectivity index (χ4v) is 7.79. The number of nitrogens with zero attached hydrogens (tertiary/aromatic N) is 4. The number of benzene rings is 3. The summed E-state index contributed by atoms with van der Waals surface area (Å²) < 4.78 is 43.4. The predicted octanol–water partition coefficient (Wildman–Crippen LogP) is 6.95. The maximum Gasteiger partial charge on any atom is 0.471 e. The Labute approximate surface area is 290 Å². The van der Waals surface area contributed by atoms with Gasteiger partial charge in [0.1, 0.15) is 5.01 Å². The van der Waals surface area contributed by atoms with Crippen molar-refractivity contribution in [2.24, 2.45) is 0 Å². The molecule has 2 fully saturated rings. The summed E-state index contributed by atoms with van der Waals surface area (Å²) in [7, 11) is 0. The van der Waals surface area contributed by atoms with Crippen LogP contribution < -0.4 is 10.6 Å². The van der Waals surface area contributed by atoms with Crippen molar-refractivity contribution in [2.45, 2.75) is 43.2 Å². The highest BCUT2D eigenvalue weighted by Gasteiger charge is 2.41. The minimum Gasteiger partial charge on any atom is -0.351 e. The molecule has 0 saturated carbocycles. The highest BCUT2D eigenvalue weighted by Crippen LogP contribution is 2.39. The van der Waals surface area contributed by atoms with Crippen LogP contribution in [0.15, 0.2) is 88.8 Å². The van der Waals surface area contributed by atoms with Gasteiger partial charge in [0.05, 0.1) is 5.69 Å². The summed E-state index contributed by atoms with van der Waals surface area (Å²) in [5.41, 5.74) is 3.67. The van der Waals surface area contributed by atoms with Crippen molar-refractivity contribution >= 4 is 23.2 Å². The Kier molecular flexibility index (Phi) is 9.52. The van der Waals surface area contributed by atoms with Crippen LogP contribution in [-0.4, -0.2) is 64.6 Å². The lowest BCUT2D eigenvalue weighted by Gasteiger charge is -2.40. The number of hydrogen-bond acceptors (Lipinski definition) is 8. The Balaban J connectivity index is 1.08. The van der Waals surface area contributed by atoms with Gasteiger partial charge in [0, 0.05) is 52.7 Å². The van der Waals surface area contributed by atoms with Crippen LogP contribution in [0.5, 0.6) is 0 Å². The molecule has 5 aromatic rings. The molecule has 2 saturated heterocycles. The molecule has 7 rings (SSSR count). The average molecular weight is 701 g/mol. The van der Waals surface area contributed by atoms with E-state index in [0.717, 1.165) is 42.2 Å². The molecule has 0 aliphatic carbocycles. The maximum atomic E-state index is 13.6. The van der Waals surface area contributed by atoms with Gasteiger partial charge in [-0.1, -0.05) is 59.8 Å². The summed E-state index contributed by atoms with van der Waals surface area (Å²) in [6.45, 7) is 3.24. The largest absolute Gasteiger partial charge is 0.471 e. The molecule has 50 heavy (non-hydrogen) atoms. The Morgan fingerprint density at radius 1 is 0.920 bits per heavy atom. The molecule has 0 radical (unpaired) electrons. The highest BCUT2D eigenvalue weighted by molar-refractivity contribution is 7.10. The monoisotopic (exact) mass is 700 g/mol. The Hall–Kier alpha value is -4.88. The number of amides is 2. The van der Waals surface area contributed by atoms with Crippen LogP contribution in [0.25, 0.3) is 22.6 Å². The van der Waals surface area contributed by atoms with Gasteiger partial charge in [-0.15, -0.1) is 11.3 Å². The standard InChI is InChI=1S/C37H35F3N6O3S/c38-37(39,40)34-44-31(45-49-34)28-7-4-8-29(21-28)32(47)42-23-36(35-43-30(22-50-35)26-5-2-1-3-6-26)15-19-46(20-16-36)33(48)27-11-9-24(10-12-27)25-13-17-41-18-14-25/h1-12,21-22,25,41H,13-20,23H2,(H,42,47). The summed E-state index contributed by atoms with van der Waals surface area (Å²) in [6, 6.07) is 24.0. The van der Waals surface area contributed by atoms with Crippen LogP contribution in [0.4, 0.5) is 13.2 Å². The minimum absolute atomic E-state index is 0.0180. The molecular weight excluding hydrogens is 666 g/mol.